The maximum Gasteiger partial charge on any atom is 0.348 e. The fourth-order valence-corrected chi connectivity index (χ4v) is 3.66. The van der Waals surface area contributed by atoms with Gasteiger partial charge in [0.05, 0.1) is 27.6 Å². The number of nitrogens with zero attached hydrogens (tertiary/aromatic N) is 1. The number of nitrogens with one attached hydrogen (secondary N) is 1. The van der Waals surface area contributed by atoms with Gasteiger partial charge in [0.2, 0.25) is 0 Å². The summed E-state index contributed by atoms with van der Waals surface area (Å²) in [6.07, 6.45) is 0. The summed E-state index contributed by atoms with van der Waals surface area (Å²) < 4.78 is 11.4. The molecule has 11 heteroatoms. The molecule has 25 heavy (non-hydrogen) atoms. The molecule has 8 nitrogen and oxygen atoms in total. The lowest BCUT2D eigenvalue weighted by Crippen LogP contribution is -2.21. The van der Waals surface area contributed by atoms with Crippen molar-refractivity contribution in [3.05, 3.63) is 47.5 Å². The number of carbonyl (C=O) groups is 2. The zero-order valence-corrected chi connectivity index (χ0v) is 16.6. The van der Waals surface area contributed by atoms with Gasteiger partial charge >= 0.3 is 5.97 Å². The van der Waals surface area contributed by atoms with E-state index in [-0.39, 0.29) is 17.1 Å². The monoisotopic (exact) mass is 492 g/mol. The molecule has 0 aliphatic heterocycles. The number of thiophene rings is 1. The number of nitro benzene ring substituents is 1. The second-order valence-corrected chi connectivity index (χ2v) is 7.72. The van der Waals surface area contributed by atoms with Crippen molar-refractivity contribution in [2.45, 2.75) is 0 Å². The van der Waals surface area contributed by atoms with Crippen molar-refractivity contribution in [2.24, 2.45) is 0 Å². The molecule has 0 aliphatic rings. The summed E-state index contributed by atoms with van der Waals surface area (Å²) in [5.74, 6) is -1.11. The third-order valence-electron chi connectivity index (χ3n) is 2.85. The van der Waals surface area contributed by atoms with Gasteiger partial charge in [-0.1, -0.05) is 0 Å². The van der Waals surface area contributed by atoms with Gasteiger partial charge in [0.15, 0.2) is 6.61 Å². The van der Waals surface area contributed by atoms with Crippen LogP contribution in [0, 0.1) is 10.1 Å². The number of amides is 1. The highest BCUT2D eigenvalue weighted by Crippen LogP contribution is 2.32. The van der Waals surface area contributed by atoms with E-state index in [4.69, 9.17) is 9.47 Å². The van der Waals surface area contributed by atoms with Crippen LogP contribution in [-0.2, 0) is 9.53 Å². The number of esters is 1. The van der Waals surface area contributed by atoms with Crippen LogP contribution < -0.4 is 10.1 Å². The molecule has 1 N–H and O–H groups in total. The summed E-state index contributed by atoms with van der Waals surface area (Å²) in [4.78, 5) is 34.3. The molecule has 1 amide bonds. The average molecular weight is 494 g/mol. The van der Waals surface area contributed by atoms with Crippen molar-refractivity contribution in [1.82, 2.24) is 0 Å². The summed E-state index contributed by atoms with van der Waals surface area (Å²) in [6.45, 7) is -0.508. The molecule has 1 aromatic heterocycles. The second-order valence-electron chi connectivity index (χ2n) is 4.50. The molecular formula is C14H10Br2N2O6S. The molecule has 0 radical (unpaired) electrons. The molecular weight excluding hydrogens is 484 g/mol. The maximum atomic E-state index is 11.9. The van der Waals surface area contributed by atoms with Gasteiger partial charge in [-0.25, -0.2) is 4.79 Å². The highest BCUT2D eigenvalue weighted by atomic mass is 79.9. The lowest BCUT2D eigenvalue weighted by molar-refractivity contribution is -0.384. The van der Waals surface area contributed by atoms with Gasteiger partial charge in [-0.15, -0.1) is 11.3 Å². The van der Waals surface area contributed by atoms with E-state index in [1.165, 1.54) is 36.6 Å². The number of benzene rings is 1. The minimum Gasteiger partial charge on any atom is -0.494 e. The van der Waals surface area contributed by atoms with Crippen molar-refractivity contribution in [2.75, 3.05) is 19.0 Å². The molecule has 1 aromatic carbocycles. The van der Waals surface area contributed by atoms with Crippen LogP contribution in [0.5, 0.6) is 5.75 Å². The molecule has 0 saturated heterocycles. The minimum atomic E-state index is -0.637. The molecule has 0 unspecified atom stereocenters. The third-order valence-corrected chi connectivity index (χ3v) is 6.09. The van der Waals surface area contributed by atoms with Crippen molar-refractivity contribution in [3.63, 3.8) is 0 Å². The highest BCUT2D eigenvalue weighted by molar-refractivity contribution is 9.13. The van der Waals surface area contributed by atoms with Crippen molar-refractivity contribution >= 4 is 66.4 Å². The van der Waals surface area contributed by atoms with Crippen LogP contribution in [0.1, 0.15) is 9.67 Å². The van der Waals surface area contributed by atoms with Gasteiger partial charge in [0, 0.05) is 10.5 Å². The molecule has 0 fully saturated rings. The van der Waals surface area contributed by atoms with E-state index in [9.17, 15) is 19.7 Å². The summed E-state index contributed by atoms with van der Waals surface area (Å²) in [5.41, 5.74) is 0.0610. The first-order chi connectivity index (χ1) is 11.8. The van der Waals surface area contributed by atoms with Crippen LogP contribution in [0.3, 0.4) is 0 Å². The summed E-state index contributed by atoms with van der Waals surface area (Å²) in [6, 6.07) is 5.33. The van der Waals surface area contributed by atoms with Crippen LogP contribution >= 0.6 is 43.2 Å². The number of halogens is 2. The number of carbonyl (C=O) groups excluding carboxylic acids is 2. The Morgan fingerprint density at radius 2 is 2.04 bits per heavy atom. The van der Waals surface area contributed by atoms with Gasteiger partial charge < -0.3 is 14.8 Å². The van der Waals surface area contributed by atoms with Gasteiger partial charge in [0.1, 0.15) is 10.6 Å². The molecule has 0 spiro atoms. The standard InChI is InChI=1S/C14H10Br2N2O6S/c1-23-10-4-7(18(21)22)2-3-9(10)17-12(19)6-24-14(20)11-5-8(15)13(16)25-11/h2-5H,6H2,1H3,(H,17,19). The first-order valence-corrected chi connectivity index (χ1v) is 8.96. The number of hydrogen-bond donors (Lipinski definition) is 1. The summed E-state index contributed by atoms with van der Waals surface area (Å²) >= 11 is 7.69. The predicted octanol–water partition coefficient (Wildman–Crippen LogP) is 3.99. The van der Waals surface area contributed by atoms with Crippen LogP contribution in [0.15, 0.2) is 32.5 Å². The number of anilines is 1. The molecule has 0 aliphatic carbocycles. The average Bonchev–Trinajstić information content (AvgIpc) is 2.92. The Balaban J connectivity index is 1.98. The number of rotatable bonds is 6. The molecule has 0 saturated carbocycles. The van der Waals surface area contributed by atoms with Crippen molar-refractivity contribution in [1.29, 1.82) is 0 Å². The van der Waals surface area contributed by atoms with Gasteiger partial charge in [-0.2, -0.15) is 0 Å². The largest absolute Gasteiger partial charge is 0.494 e. The number of non-ortho nitro benzene ring substituents is 1. The predicted molar refractivity (Wildman–Crippen MR) is 98.3 cm³/mol. The molecule has 2 aromatic rings. The van der Waals surface area contributed by atoms with Crippen LogP contribution in [-0.4, -0.2) is 30.5 Å². The normalized spacial score (nSPS) is 10.2. The van der Waals surface area contributed by atoms with E-state index >= 15 is 0 Å². The van der Waals surface area contributed by atoms with Gasteiger partial charge in [0.25, 0.3) is 11.6 Å². The number of nitro groups is 1. The van der Waals surface area contributed by atoms with Gasteiger partial charge in [-0.3, -0.25) is 14.9 Å². The maximum absolute atomic E-state index is 11.9. The van der Waals surface area contributed by atoms with E-state index in [2.05, 4.69) is 37.2 Å². The molecule has 132 valence electrons. The summed E-state index contributed by atoms with van der Waals surface area (Å²) in [5, 5.41) is 13.2. The number of methoxy groups -OCH3 is 1. The SMILES string of the molecule is COc1cc([N+](=O)[O-])ccc1NC(=O)COC(=O)c1cc(Br)c(Br)s1. The Kier molecular flexibility index (Phi) is 6.51. The minimum absolute atomic E-state index is 0.125. The first-order valence-electron chi connectivity index (χ1n) is 6.56. The van der Waals surface area contributed by atoms with Crippen LogP contribution in [0.25, 0.3) is 0 Å². The topological polar surface area (TPSA) is 108 Å². The smallest absolute Gasteiger partial charge is 0.348 e. The van der Waals surface area contributed by atoms with Crippen LogP contribution in [0.2, 0.25) is 0 Å². The second kappa shape index (κ2) is 8.41. The Labute approximate surface area is 162 Å². The van der Waals surface area contributed by atoms with E-state index < -0.39 is 23.4 Å². The Hall–Kier alpha value is -1.98. The fourth-order valence-electron chi connectivity index (χ4n) is 1.73. The molecule has 0 bridgehead atoms. The Morgan fingerprint density at radius 3 is 2.60 bits per heavy atom. The van der Waals surface area contributed by atoms with E-state index in [1.807, 2.05) is 0 Å². The summed E-state index contributed by atoms with van der Waals surface area (Å²) in [7, 11) is 1.32. The van der Waals surface area contributed by atoms with Gasteiger partial charge in [-0.05, 0) is 44.0 Å². The van der Waals surface area contributed by atoms with E-state index in [0.717, 1.165) is 3.79 Å². The third kappa shape index (κ3) is 5.00. The quantitative estimate of drug-likeness (QED) is 0.370. The molecule has 0 atom stereocenters. The molecule has 2 rings (SSSR count). The lowest BCUT2D eigenvalue weighted by Gasteiger charge is -2.10. The highest BCUT2D eigenvalue weighted by Gasteiger charge is 2.17. The number of ether oxygens (including phenoxy) is 2. The lowest BCUT2D eigenvalue weighted by atomic mass is 10.2. The molecule has 1 heterocycles. The van der Waals surface area contributed by atoms with Crippen LogP contribution in [0.4, 0.5) is 11.4 Å². The van der Waals surface area contributed by atoms with E-state index in [0.29, 0.717) is 9.35 Å². The Morgan fingerprint density at radius 1 is 1.32 bits per heavy atom. The fraction of sp³-hybridized carbons (Fsp3) is 0.143. The zero-order chi connectivity index (χ0) is 18.6. The number of hydrogen-bond acceptors (Lipinski definition) is 7. The first kappa shape index (κ1) is 19.3. The Bertz CT molecular complexity index is 819. The van der Waals surface area contributed by atoms with Crippen molar-refractivity contribution in [3.8, 4) is 5.75 Å². The zero-order valence-electron chi connectivity index (χ0n) is 12.6. The van der Waals surface area contributed by atoms with Crippen molar-refractivity contribution < 1.29 is 24.0 Å². The van der Waals surface area contributed by atoms with E-state index in [1.54, 1.807) is 6.07 Å².